The minimum atomic E-state index is -1.06. The summed E-state index contributed by atoms with van der Waals surface area (Å²) in [6, 6.07) is 6.88. The van der Waals surface area contributed by atoms with Gasteiger partial charge in [0, 0.05) is 11.4 Å². The number of methoxy groups -OCH3 is 1. The number of carbonyl (C=O) groups excluding carboxylic acids is 2. The van der Waals surface area contributed by atoms with Gasteiger partial charge in [-0.25, -0.2) is 4.79 Å². The number of carbonyl (C=O) groups is 2. The van der Waals surface area contributed by atoms with Gasteiger partial charge in [0.15, 0.2) is 0 Å². The summed E-state index contributed by atoms with van der Waals surface area (Å²) >= 11 is 5.66. The van der Waals surface area contributed by atoms with Crippen LogP contribution in [0.2, 0.25) is 0 Å². The van der Waals surface area contributed by atoms with Gasteiger partial charge in [-0.05, 0) is 31.5 Å². The Morgan fingerprint density at radius 1 is 1.28 bits per heavy atom. The summed E-state index contributed by atoms with van der Waals surface area (Å²) in [6.07, 6.45) is 0. The molecule has 1 N–H and O–H groups in total. The maximum absolute atomic E-state index is 11.9. The molecule has 0 saturated carbocycles. The van der Waals surface area contributed by atoms with Crippen LogP contribution in [0, 0.1) is 0 Å². The second-order valence-electron chi connectivity index (χ2n) is 4.40. The third-order valence-electron chi connectivity index (χ3n) is 2.49. The Morgan fingerprint density at radius 2 is 1.83 bits per heavy atom. The van der Waals surface area contributed by atoms with Crippen LogP contribution in [0.5, 0.6) is 0 Å². The molecule has 0 aliphatic carbocycles. The first-order valence-corrected chi connectivity index (χ1v) is 6.00. The number of amides is 1. The van der Waals surface area contributed by atoms with Gasteiger partial charge in [0.25, 0.3) is 5.91 Å². The number of rotatable bonds is 4. The molecule has 4 nitrogen and oxygen atoms in total. The smallest absolute Gasteiger partial charge is 0.330 e. The predicted octanol–water partition coefficient (Wildman–Crippen LogP) is 2.11. The van der Waals surface area contributed by atoms with E-state index in [0.29, 0.717) is 11.4 Å². The summed E-state index contributed by atoms with van der Waals surface area (Å²) < 4.78 is 4.62. The Hall–Kier alpha value is -1.55. The minimum Gasteiger partial charge on any atom is -0.467 e. The zero-order chi connectivity index (χ0) is 13.8. The van der Waals surface area contributed by atoms with Gasteiger partial charge in [0.05, 0.1) is 7.11 Å². The lowest BCUT2D eigenvalue weighted by atomic mass is 10.0. The Labute approximate surface area is 111 Å². The average Bonchev–Trinajstić information content (AvgIpc) is 2.37. The van der Waals surface area contributed by atoms with Gasteiger partial charge >= 0.3 is 5.97 Å². The van der Waals surface area contributed by atoms with E-state index >= 15 is 0 Å². The summed E-state index contributed by atoms with van der Waals surface area (Å²) in [5.74, 6) is -0.421. The van der Waals surface area contributed by atoms with E-state index in [1.54, 1.807) is 38.1 Å². The van der Waals surface area contributed by atoms with Crippen molar-refractivity contribution < 1.29 is 14.3 Å². The van der Waals surface area contributed by atoms with Gasteiger partial charge in [-0.15, -0.1) is 11.6 Å². The lowest BCUT2D eigenvalue weighted by Crippen LogP contribution is -2.50. The number of benzene rings is 1. The Bertz CT molecular complexity index is 440. The normalized spacial score (nSPS) is 10.9. The Morgan fingerprint density at radius 3 is 2.28 bits per heavy atom. The molecule has 98 valence electrons. The van der Waals surface area contributed by atoms with Crippen LogP contribution in [0.15, 0.2) is 24.3 Å². The topological polar surface area (TPSA) is 55.4 Å². The second-order valence-corrected chi connectivity index (χ2v) is 4.67. The number of halogens is 1. The van der Waals surface area contributed by atoms with E-state index in [9.17, 15) is 9.59 Å². The number of alkyl halides is 1. The lowest BCUT2D eigenvalue weighted by Gasteiger charge is -2.23. The molecule has 1 aromatic rings. The molecule has 0 aliphatic heterocycles. The molecule has 0 spiro atoms. The van der Waals surface area contributed by atoms with E-state index in [2.05, 4.69) is 10.1 Å². The highest BCUT2D eigenvalue weighted by molar-refractivity contribution is 6.17. The number of esters is 1. The van der Waals surface area contributed by atoms with E-state index in [0.717, 1.165) is 5.56 Å². The summed E-state index contributed by atoms with van der Waals surface area (Å²) in [6.45, 7) is 3.17. The Kier molecular flexibility index (Phi) is 4.73. The van der Waals surface area contributed by atoms with Crippen LogP contribution >= 0.6 is 11.6 Å². The average molecular weight is 270 g/mol. The molecule has 0 bridgehead atoms. The number of nitrogens with one attached hydrogen (secondary N) is 1. The Balaban J connectivity index is 2.78. The van der Waals surface area contributed by atoms with Gasteiger partial charge in [-0.1, -0.05) is 12.1 Å². The molecule has 0 radical (unpaired) electrons. The highest BCUT2D eigenvalue weighted by Gasteiger charge is 2.30. The molecule has 0 aromatic heterocycles. The van der Waals surface area contributed by atoms with E-state index in [1.807, 2.05) is 0 Å². The van der Waals surface area contributed by atoms with Crippen LogP contribution in [0.4, 0.5) is 0 Å². The molecule has 5 heteroatoms. The van der Waals surface area contributed by atoms with Gasteiger partial charge < -0.3 is 10.1 Å². The summed E-state index contributed by atoms with van der Waals surface area (Å²) in [7, 11) is 1.28. The van der Waals surface area contributed by atoms with Crippen molar-refractivity contribution in [1.29, 1.82) is 0 Å². The number of hydrogen-bond donors (Lipinski definition) is 1. The third kappa shape index (κ3) is 3.47. The molecule has 0 unspecified atom stereocenters. The van der Waals surface area contributed by atoms with Crippen LogP contribution in [-0.4, -0.2) is 24.5 Å². The van der Waals surface area contributed by atoms with Crippen LogP contribution in [0.1, 0.15) is 29.8 Å². The van der Waals surface area contributed by atoms with Crippen LogP contribution < -0.4 is 5.32 Å². The van der Waals surface area contributed by atoms with Crippen LogP contribution in [0.3, 0.4) is 0 Å². The van der Waals surface area contributed by atoms with Gasteiger partial charge in [0.2, 0.25) is 0 Å². The van der Waals surface area contributed by atoms with E-state index < -0.39 is 11.5 Å². The monoisotopic (exact) mass is 269 g/mol. The molecule has 1 rings (SSSR count). The quantitative estimate of drug-likeness (QED) is 0.673. The first-order chi connectivity index (χ1) is 8.40. The van der Waals surface area contributed by atoms with Crippen molar-refractivity contribution in [2.45, 2.75) is 25.3 Å². The fourth-order valence-electron chi connectivity index (χ4n) is 1.41. The molecule has 0 heterocycles. The molecular weight excluding hydrogens is 254 g/mol. The van der Waals surface area contributed by atoms with Crippen molar-refractivity contribution >= 4 is 23.5 Å². The van der Waals surface area contributed by atoms with Gasteiger partial charge in [-0.2, -0.15) is 0 Å². The summed E-state index contributed by atoms with van der Waals surface area (Å²) in [5.41, 5.74) is 0.345. The highest BCUT2D eigenvalue weighted by atomic mass is 35.5. The first-order valence-electron chi connectivity index (χ1n) is 5.46. The third-order valence-corrected chi connectivity index (χ3v) is 2.80. The SMILES string of the molecule is COC(=O)C(C)(C)NC(=O)c1ccc(CCl)cc1. The molecule has 18 heavy (non-hydrogen) atoms. The number of ether oxygens (including phenoxy) is 1. The molecule has 0 saturated heterocycles. The molecule has 0 atom stereocenters. The van der Waals surface area contributed by atoms with Crippen molar-refractivity contribution in [3.8, 4) is 0 Å². The molecule has 0 fully saturated rings. The molecule has 1 amide bonds. The van der Waals surface area contributed by atoms with E-state index in [1.165, 1.54) is 7.11 Å². The zero-order valence-corrected chi connectivity index (χ0v) is 11.4. The standard InChI is InChI=1S/C13H16ClNO3/c1-13(2,12(17)18-3)15-11(16)10-6-4-9(8-14)5-7-10/h4-7H,8H2,1-3H3,(H,15,16). The molecular formula is C13H16ClNO3. The van der Waals surface area contributed by atoms with Crippen LogP contribution in [0.25, 0.3) is 0 Å². The second kappa shape index (κ2) is 5.87. The fourth-order valence-corrected chi connectivity index (χ4v) is 1.59. The fraction of sp³-hybridized carbons (Fsp3) is 0.385. The first kappa shape index (κ1) is 14.5. The summed E-state index contributed by atoms with van der Waals surface area (Å²) in [5, 5.41) is 2.61. The lowest BCUT2D eigenvalue weighted by molar-refractivity contribution is -0.146. The van der Waals surface area contributed by atoms with E-state index in [-0.39, 0.29) is 5.91 Å². The molecule has 0 aliphatic rings. The van der Waals surface area contributed by atoms with Crippen molar-refractivity contribution in [2.75, 3.05) is 7.11 Å². The largest absolute Gasteiger partial charge is 0.467 e. The molecule has 1 aromatic carbocycles. The van der Waals surface area contributed by atoms with Crippen molar-refractivity contribution in [2.24, 2.45) is 0 Å². The predicted molar refractivity (Wildman–Crippen MR) is 69.6 cm³/mol. The summed E-state index contributed by atoms with van der Waals surface area (Å²) in [4.78, 5) is 23.4. The zero-order valence-electron chi connectivity index (χ0n) is 10.6. The van der Waals surface area contributed by atoms with Crippen molar-refractivity contribution in [3.63, 3.8) is 0 Å². The maximum Gasteiger partial charge on any atom is 0.330 e. The van der Waals surface area contributed by atoms with Gasteiger partial charge in [-0.3, -0.25) is 4.79 Å². The minimum absolute atomic E-state index is 0.327. The van der Waals surface area contributed by atoms with Gasteiger partial charge in [0.1, 0.15) is 5.54 Å². The van der Waals surface area contributed by atoms with Crippen molar-refractivity contribution in [3.05, 3.63) is 35.4 Å². The van der Waals surface area contributed by atoms with E-state index in [4.69, 9.17) is 11.6 Å². The number of hydrogen-bond acceptors (Lipinski definition) is 3. The van der Waals surface area contributed by atoms with Crippen molar-refractivity contribution in [1.82, 2.24) is 5.32 Å². The van der Waals surface area contributed by atoms with Crippen LogP contribution in [-0.2, 0) is 15.4 Å². The highest BCUT2D eigenvalue weighted by Crippen LogP contribution is 2.10. The maximum atomic E-state index is 11.9.